The van der Waals surface area contributed by atoms with Gasteiger partial charge in [0.1, 0.15) is 0 Å². The maximum Gasteiger partial charge on any atom is 0.287 e. The molecule has 0 saturated heterocycles. The average molecular weight is 312 g/mol. The van der Waals surface area contributed by atoms with Crippen LogP contribution in [-0.4, -0.2) is 29.9 Å². The Morgan fingerprint density at radius 3 is 2.70 bits per heavy atom. The van der Waals surface area contributed by atoms with Crippen LogP contribution in [0.4, 0.5) is 0 Å². The van der Waals surface area contributed by atoms with Crippen LogP contribution >= 0.6 is 0 Å². The number of rotatable bonds is 5. The van der Waals surface area contributed by atoms with Crippen molar-refractivity contribution >= 4 is 5.91 Å². The number of carbonyl (C=O) groups excluding carboxylic acids is 1. The van der Waals surface area contributed by atoms with Crippen molar-refractivity contribution in [3.8, 4) is 0 Å². The van der Waals surface area contributed by atoms with Crippen molar-refractivity contribution in [3.63, 3.8) is 0 Å². The summed E-state index contributed by atoms with van der Waals surface area (Å²) in [7, 11) is 0. The molecule has 1 aromatic heterocycles. The summed E-state index contributed by atoms with van der Waals surface area (Å²) >= 11 is 0. The molecule has 0 saturated carbocycles. The summed E-state index contributed by atoms with van der Waals surface area (Å²) in [5, 5.41) is 3.01. The Balaban J connectivity index is 1.64. The predicted molar refractivity (Wildman–Crippen MR) is 90.2 cm³/mol. The quantitative estimate of drug-likeness (QED) is 0.923. The minimum Gasteiger partial charge on any atom is -0.459 e. The maximum absolute atomic E-state index is 12.1. The molecule has 2 heterocycles. The minimum atomic E-state index is -0.141. The molecule has 1 aliphatic rings. The molecule has 3 rings (SSSR count). The Hall–Kier alpha value is -2.07. The molecule has 0 bridgehead atoms. The van der Waals surface area contributed by atoms with Gasteiger partial charge in [0.25, 0.3) is 5.91 Å². The third-order valence-electron chi connectivity index (χ3n) is 4.62. The summed E-state index contributed by atoms with van der Waals surface area (Å²) in [4.78, 5) is 14.6. The highest BCUT2D eigenvalue weighted by Gasteiger charge is 2.26. The number of furan rings is 1. The van der Waals surface area contributed by atoms with Crippen molar-refractivity contribution in [2.75, 3.05) is 13.1 Å². The van der Waals surface area contributed by atoms with E-state index in [1.165, 1.54) is 17.4 Å². The highest BCUT2D eigenvalue weighted by Crippen LogP contribution is 2.22. The molecular formula is C19H24N2O2. The summed E-state index contributed by atoms with van der Waals surface area (Å²) in [6.45, 7) is 7.06. The van der Waals surface area contributed by atoms with Crippen LogP contribution in [0.3, 0.4) is 0 Å². The van der Waals surface area contributed by atoms with Gasteiger partial charge in [-0.3, -0.25) is 9.69 Å². The lowest BCUT2D eigenvalue weighted by molar-refractivity contribution is 0.0878. The molecule has 1 amide bonds. The van der Waals surface area contributed by atoms with Crippen LogP contribution in [-0.2, 0) is 13.0 Å². The standard InChI is InChI=1S/C19H24N2O2/c1-14(2)17(12-20-19(22)18-8-5-11-23-18)21-10-9-15-6-3-4-7-16(15)13-21/h3-8,11,14,17H,9-10,12-13H2,1-2H3,(H,20,22). The lowest BCUT2D eigenvalue weighted by Crippen LogP contribution is -2.48. The molecule has 0 aliphatic carbocycles. The molecule has 0 radical (unpaired) electrons. The van der Waals surface area contributed by atoms with E-state index in [9.17, 15) is 4.79 Å². The zero-order valence-electron chi connectivity index (χ0n) is 13.8. The summed E-state index contributed by atoms with van der Waals surface area (Å²) in [5.41, 5.74) is 2.85. The second kappa shape index (κ2) is 7.01. The van der Waals surface area contributed by atoms with E-state index < -0.39 is 0 Å². The Morgan fingerprint density at radius 1 is 1.22 bits per heavy atom. The fraction of sp³-hybridized carbons (Fsp3) is 0.421. The summed E-state index contributed by atoms with van der Waals surface area (Å²) in [5.74, 6) is 0.701. The summed E-state index contributed by atoms with van der Waals surface area (Å²) < 4.78 is 5.15. The zero-order valence-corrected chi connectivity index (χ0v) is 13.8. The molecule has 122 valence electrons. The normalized spacial score (nSPS) is 16.1. The van der Waals surface area contributed by atoms with Crippen LogP contribution in [0.15, 0.2) is 47.1 Å². The van der Waals surface area contributed by atoms with Crippen molar-refractivity contribution in [1.29, 1.82) is 0 Å². The molecule has 4 heteroatoms. The molecule has 1 N–H and O–H groups in total. The fourth-order valence-electron chi connectivity index (χ4n) is 3.28. The van der Waals surface area contributed by atoms with E-state index in [-0.39, 0.29) is 5.91 Å². The molecule has 2 aromatic rings. The van der Waals surface area contributed by atoms with Gasteiger partial charge in [0.2, 0.25) is 0 Å². The lowest BCUT2D eigenvalue weighted by Gasteiger charge is -2.37. The van der Waals surface area contributed by atoms with Gasteiger partial charge in [-0.2, -0.15) is 0 Å². The first-order chi connectivity index (χ1) is 11.1. The first kappa shape index (κ1) is 15.8. The van der Waals surface area contributed by atoms with Crippen LogP contribution < -0.4 is 5.32 Å². The summed E-state index contributed by atoms with van der Waals surface area (Å²) in [6, 6.07) is 12.4. The van der Waals surface area contributed by atoms with Gasteiger partial charge in [-0.05, 0) is 35.6 Å². The van der Waals surface area contributed by atoms with E-state index in [0.717, 1.165) is 19.5 Å². The monoisotopic (exact) mass is 312 g/mol. The maximum atomic E-state index is 12.1. The van der Waals surface area contributed by atoms with Gasteiger partial charge in [0.05, 0.1) is 6.26 Å². The number of amides is 1. The van der Waals surface area contributed by atoms with E-state index in [2.05, 4.69) is 48.3 Å². The Labute approximate surface area is 137 Å². The molecular weight excluding hydrogens is 288 g/mol. The average Bonchev–Trinajstić information content (AvgIpc) is 3.09. The van der Waals surface area contributed by atoms with E-state index in [4.69, 9.17) is 4.42 Å². The number of carbonyl (C=O) groups is 1. The van der Waals surface area contributed by atoms with Crippen LogP contribution in [0.1, 0.15) is 35.5 Å². The van der Waals surface area contributed by atoms with Crippen molar-refractivity contribution in [2.45, 2.75) is 32.9 Å². The Bertz CT molecular complexity index is 649. The Kier molecular flexibility index (Phi) is 4.82. The van der Waals surface area contributed by atoms with E-state index in [1.54, 1.807) is 12.1 Å². The second-order valence-corrected chi connectivity index (χ2v) is 6.49. The highest BCUT2D eigenvalue weighted by molar-refractivity contribution is 5.91. The molecule has 0 fully saturated rings. The van der Waals surface area contributed by atoms with Crippen molar-refractivity contribution < 1.29 is 9.21 Å². The molecule has 1 aliphatic heterocycles. The second-order valence-electron chi connectivity index (χ2n) is 6.49. The minimum absolute atomic E-state index is 0.141. The van der Waals surface area contributed by atoms with Gasteiger partial charge < -0.3 is 9.73 Å². The van der Waals surface area contributed by atoms with Crippen molar-refractivity contribution in [1.82, 2.24) is 10.2 Å². The van der Waals surface area contributed by atoms with E-state index in [1.807, 2.05) is 0 Å². The first-order valence-electron chi connectivity index (χ1n) is 8.27. The number of benzene rings is 1. The number of hydrogen-bond acceptors (Lipinski definition) is 3. The molecule has 1 aromatic carbocycles. The largest absolute Gasteiger partial charge is 0.459 e. The molecule has 1 atom stereocenters. The first-order valence-corrected chi connectivity index (χ1v) is 8.27. The predicted octanol–water partition coefficient (Wildman–Crippen LogP) is 3.09. The van der Waals surface area contributed by atoms with Gasteiger partial charge in [0.15, 0.2) is 5.76 Å². The molecule has 0 spiro atoms. The topological polar surface area (TPSA) is 45.5 Å². The highest BCUT2D eigenvalue weighted by atomic mass is 16.3. The van der Waals surface area contributed by atoms with Gasteiger partial charge in [-0.25, -0.2) is 0 Å². The fourth-order valence-corrected chi connectivity index (χ4v) is 3.28. The number of fused-ring (bicyclic) bond motifs is 1. The number of hydrogen-bond donors (Lipinski definition) is 1. The zero-order chi connectivity index (χ0) is 16.2. The van der Waals surface area contributed by atoms with Crippen LogP contribution in [0.25, 0.3) is 0 Å². The third kappa shape index (κ3) is 3.64. The smallest absolute Gasteiger partial charge is 0.287 e. The number of nitrogens with one attached hydrogen (secondary N) is 1. The molecule has 23 heavy (non-hydrogen) atoms. The SMILES string of the molecule is CC(C)C(CNC(=O)c1ccco1)N1CCc2ccccc2C1. The van der Waals surface area contributed by atoms with Crippen molar-refractivity contribution in [3.05, 3.63) is 59.5 Å². The van der Waals surface area contributed by atoms with Gasteiger partial charge >= 0.3 is 0 Å². The van der Waals surface area contributed by atoms with Gasteiger partial charge in [-0.15, -0.1) is 0 Å². The van der Waals surface area contributed by atoms with Gasteiger partial charge in [-0.1, -0.05) is 38.1 Å². The summed E-state index contributed by atoms with van der Waals surface area (Å²) in [6.07, 6.45) is 2.60. The van der Waals surface area contributed by atoms with E-state index >= 15 is 0 Å². The van der Waals surface area contributed by atoms with Crippen LogP contribution in [0.2, 0.25) is 0 Å². The number of nitrogens with zero attached hydrogens (tertiary/aromatic N) is 1. The van der Waals surface area contributed by atoms with Crippen molar-refractivity contribution in [2.24, 2.45) is 5.92 Å². The third-order valence-corrected chi connectivity index (χ3v) is 4.62. The van der Waals surface area contributed by atoms with Crippen LogP contribution in [0.5, 0.6) is 0 Å². The molecule has 1 unspecified atom stereocenters. The lowest BCUT2D eigenvalue weighted by atomic mass is 9.95. The van der Waals surface area contributed by atoms with E-state index in [0.29, 0.717) is 24.3 Å². The van der Waals surface area contributed by atoms with Gasteiger partial charge in [0, 0.05) is 25.7 Å². The molecule has 4 nitrogen and oxygen atoms in total. The van der Waals surface area contributed by atoms with Crippen LogP contribution in [0, 0.1) is 5.92 Å². The Morgan fingerprint density at radius 2 is 2.00 bits per heavy atom.